The van der Waals surface area contributed by atoms with Crippen molar-refractivity contribution in [2.75, 3.05) is 7.11 Å². The zero-order valence-corrected chi connectivity index (χ0v) is 13.6. The number of carbonyl (C=O) groups excluding carboxylic acids is 2. The maximum atomic E-state index is 12.3. The van der Waals surface area contributed by atoms with Gasteiger partial charge < -0.3 is 9.30 Å². The fourth-order valence-corrected chi connectivity index (χ4v) is 3.16. The van der Waals surface area contributed by atoms with Gasteiger partial charge >= 0.3 is 5.97 Å². The van der Waals surface area contributed by atoms with Crippen LogP contribution in [0.5, 0.6) is 0 Å². The third-order valence-electron chi connectivity index (χ3n) is 4.11. The molecule has 0 radical (unpaired) electrons. The van der Waals surface area contributed by atoms with Gasteiger partial charge in [0.2, 0.25) is 0 Å². The van der Waals surface area contributed by atoms with Crippen molar-refractivity contribution < 1.29 is 14.3 Å². The zero-order chi connectivity index (χ0) is 15.8. The fraction of sp³-hybridized carbons (Fsp3) is 0.647. The standard InChI is InChI=1S/C17H25NO3/c1-11(2)8-13(16(20)21-5)18-7-6-12-14(18)9-17(3,4)10-15(12)19/h6-7,11,13H,8-10H2,1-5H3. The molecule has 0 aliphatic heterocycles. The maximum Gasteiger partial charge on any atom is 0.328 e. The van der Waals surface area contributed by atoms with Gasteiger partial charge in [-0.25, -0.2) is 4.79 Å². The van der Waals surface area contributed by atoms with Crippen LogP contribution in [0.25, 0.3) is 0 Å². The van der Waals surface area contributed by atoms with E-state index in [9.17, 15) is 9.59 Å². The van der Waals surface area contributed by atoms with Crippen LogP contribution in [0.4, 0.5) is 0 Å². The van der Waals surface area contributed by atoms with Crippen LogP contribution in [0.2, 0.25) is 0 Å². The number of Topliss-reactive ketones (excluding diaryl/α,β-unsaturated/α-hetero) is 1. The molecule has 4 nitrogen and oxygen atoms in total. The normalized spacial score (nSPS) is 18.5. The van der Waals surface area contributed by atoms with E-state index in [1.807, 2.05) is 16.8 Å². The minimum absolute atomic E-state index is 0.0569. The Labute approximate surface area is 126 Å². The summed E-state index contributed by atoms with van der Waals surface area (Å²) in [5.74, 6) is 0.311. The summed E-state index contributed by atoms with van der Waals surface area (Å²) < 4.78 is 6.92. The van der Waals surface area contributed by atoms with Crippen LogP contribution in [0.1, 0.15) is 62.6 Å². The van der Waals surface area contributed by atoms with E-state index in [2.05, 4.69) is 27.7 Å². The van der Waals surface area contributed by atoms with E-state index in [4.69, 9.17) is 4.74 Å². The second kappa shape index (κ2) is 5.66. The number of ketones is 1. The van der Waals surface area contributed by atoms with E-state index in [0.717, 1.165) is 17.7 Å². The maximum absolute atomic E-state index is 12.3. The Morgan fingerprint density at radius 2 is 2.05 bits per heavy atom. The second-order valence-electron chi connectivity index (χ2n) is 7.19. The third kappa shape index (κ3) is 3.20. The number of carbonyl (C=O) groups is 2. The van der Waals surface area contributed by atoms with Crippen LogP contribution in [0.15, 0.2) is 12.3 Å². The van der Waals surface area contributed by atoms with Gasteiger partial charge in [0.05, 0.1) is 7.11 Å². The number of fused-ring (bicyclic) bond motifs is 1. The molecule has 1 aliphatic carbocycles. The van der Waals surface area contributed by atoms with E-state index in [1.54, 1.807) is 0 Å². The summed E-state index contributed by atoms with van der Waals surface area (Å²) in [7, 11) is 1.42. The summed E-state index contributed by atoms with van der Waals surface area (Å²) in [4.78, 5) is 24.4. The van der Waals surface area contributed by atoms with E-state index in [1.165, 1.54) is 7.11 Å². The van der Waals surface area contributed by atoms with Crippen molar-refractivity contribution in [2.24, 2.45) is 11.3 Å². The molecule has 1 heterocycles. The third-order valence-corrected chi connectivity index (χ3v) is 4.11. The van der Waals surface area contributed by atoms with Gasteiger partial charge in [-0.2, -0.15) is 0 Å². The van der Waals surface area contributed by atoms with Gasteiger partial charge in [-0.05, 0) is 30.2 Å². The Balaban J connectivity index is 2.44. The Morgan fingerprint density at radius 1 is 1.38 bits per heavy atom. The molecule has 1 aromatic rings. The quantitative estimate of drug-likeness (QED) is 0.799. The first-order valence-electron chi connectivity index (χ1n) is 7.56. The van der Waals surface area contributed by atoms with Crippen molar-refractivity contribution in [2.45, 2.75) is 53.0 Å². The predicted octanol–water partition coefficient (Wildman–Crippen LogP) is 3.40. The summed E-state index contributed by atoms with van der Waals surface area (Å²) in [5, 5.41) is 0. The molecule has 0 saturated heterocycles. The fourth-order valence-electron chi connectivity index (χ4n) is 3.16. The average molecular weight is 291 g/mol. The van der Waals surface area contributed by atoms with Crippen LogP contribution in [-0.4, -0.2) is 23.4 Å². The lowest BCUT2D eigenvalue weighted by Crippen LogP contribution is -2.31. The van der Waals surface area contributed by atoms with Gasteiger partial charge in [0.15, 0.2) is 5.78 Å². The molecule has 0 amide bonds. The van der Waals surface area contributed by atoms with Crippen molar-refractivity contribution in [3.05, 3.63) is 23.5 Å². The number of rotatable bonds is 4. The SMILES string of the molecule is COC(=O)C(CC(C)C)n1ccc2c1CC(C)(C)CC2=O. The second-order valence-corrected chi connectivity index (χ2v) is 7.19. The highest BCUT2D eigenvalue weighted by Gasteiger charge is 2.35. The summed E-state index contributed by atoms with van der Waals surface area (Å²) >= 11 is 0. The van der Waals surface area contributed by atoms with Crippen molar-refractivity contribution in [1.82, 2.24) is 4.57 Å². The van der Waals surface area contributed by atoms with Gasteiger partial charge in [-0.3, -0.25) is 4.79 Å². The number of aromatic nitrogens is 1. The Bertz CT molecular complexity index is 554. The molecule has 0 fully saturated rings. The van der Waals surface area contributed by atoms with Gasteiger partial charge in [-0.1, -0.05) is 27.7 Å². The van der Waals surface area contributed by atoms with Crippen molar-refractivity contribution in [3.8, 4) is 0 Å². The molecule has 1 atom stereocenters. The number of esters is 1. The molecular formula is C17H25NO3. The van der Waals surface area contributed by atoms with Crippen molar-refractivity contribution in [3.63, 3.8) is 0 Å². The lowest BCUT2D eigenvalue weighted by molar-refractivity contribution is -0.145. The van der Waals surface area contributed by atoms with E-state index in [-0.39, 0.29) is 23.2 Å². The lowest BCUT2D eigenvalue weighted by atomic mass is 9.76. The Kier molecular flexibility index (Phi) is 4.26. The molecule has 4 heteroatoms. The summed E-state index contributed by atoms with van der Waals surface area (Å²) in [6.07, 6.45) is 3.96. The number of hydrogen-bond acceptors (Lipinski definition) is 3. The molecule has 0 spiro atoms. The predicted molar refractivity (Wildman–Crippen MR) is 81.4 cm³/mol. The van der Waals surface area contributed by atoms with Crippen LogP contribution >= 0.6 is 0 Å². The largest absolute Gasteiger partial charge is 0.467 e. The number of hydrogen-bond donors (Lipinski definition) is 0. The van der Waals surface area contributed by atoms with E-state index < -0.39 is 0 Å². The first kappa shape index (κ1) is 15.8. The minimum atomic E-state index is -0.347. The van der Waals surface area contributed by atoms with Gasteiger partial charge in [0.25, 0.3) is 0 Å². The summed E-state index contributed by atoms with van der Waals surface area (Å²) in [6.45, 7) is 8.36. The molecule has 21 heavy (non-hydrogen) atoms. The molecule has 0 saturated carbocycles. The van der Waals surface area contributed by atoms with Crippen molar-refractivity contribution >= 4 is 11.8 Å². The lowest BCUT2D eigenvalue weighted by Gasteiger charge is -2.31. The molecule has 1 unspecified atom stereocenters. The molecule has 0 bridgehead atoms. The summed E-state index contributed by atoms with van der Waals surface area (Å²) in [6, 6.07) is 1.50. The summed E-state index contributed by atoms with van der Waals surface area (Å²) in [5.41, 5.74) is 1.69. The van der Waals surface area contributed by atoms with Gasteiger partial charge in [0.1, 0.15) is 6.04 Å². The highest BCUT2D eigenvalue weighted by molar-refractivity contribution is 5.99. The highest BCUT2D eigenvalue weighted by atomic mass is 16.5. The molecule has 1 aromatic heterocycles. The van der Waals surface area contributed by atoms with Crippen LogP contribution in [0, 0.1) is 11.3 Å². The Morgan fingerprint density at radius 3 is 2.62 bits per heavy atom. The Hall–Kier alpha value is -1.58. The molecule has 2 rings (SSSR count). The van der Waals surface area contributed by atoms with E-state index >= 15 is 0 Å². The monoisotopic (exact) mass is 291 g/mol. The number of ether oxygens (including phenoxy) is 1. The van der Waals surface area contributed by atoms with Crippen LogP contribution in [-0.2, 0) is 16.0 Å². The number of methoxy groups -OCH3 is 1. The molecule has 116 valence electrons. The van der Waals surface area contributed by atoms with Crippen molar-refractivity contribution in [1.29, 1.82) is 0 Å². The molecule has 1 aliphatic rings. The first-order valence-corrected chi connectivity index (χ1v) is 7.56. The highest BCUT2D eigenvalue weighted by Crippen LogP contribution is 2.37. The van der Waals surface area contributed by atoms with E-state index in [0.29, 0.717) is 18.8 Å². The first-order chi connectivity index (χ1) is 9.75. The molecular weight excluding hydrogens is 266 g/mol. The average Bonchev–Trinajstić information content (AvgIpc) is 2.77. The van der Waals surface area contributed by atoms with Crippen LogP contribution < -0.4 is 0 Å². The van der Waals surface area contributed by atoms with Crippen LogP contribution in [0.3, 0.4) is 0 Å². The smallest absolute Gasteiger partial charge is 0.328 e. The molecule has 0 aromatic carbocycles. The topological polar surface area (TPSA) is 48.3 Å². The molecule has 0 N–H and O–H groups in total. The van der Waals surface area contributed by atoms with Gasteiger partial charge in [0, 0.05) is 23.9 Å². The van der Waals surface area contributed by atoms with Gasteiger partial charge in [-0.15, -0.1) is 0 Å². The zero-order valence-electron chi connectivity index (χ0n) is 13.6. The number of nitrogens with zero attached hydrogens (tertiary/aromatic N) is 1. The minimum Gasteiger partial charge on any atom is -0.467 e.